The van der Waals surface area contributed by atoms with Crippen molar-refractivity contribution in [2.24, 2.45) is 18.2 Å². The molecule has 2 heterocycles. The second kappa shape index (κ2) is 4.50. The third-order valence-electron chi connectivity index (χ3n) is 3.52. The number of aromatic nitrogens is 1. The van der Waals surface area contributed by atoms with Crippen LogP contribution in [0.2, 0.25) is 0 Å². The maximum atomic E-state index is 12.1. The number of rotatable bonds is 3. The topological polar surface area (TPSA) is 69.3 Å². The summed E-state index contributed by atoms with van der Waals surface area (Å²) in [6.07, 6.45) is 1.95. The second-order valence-electron chi connectivity index (χ2n) is 4.83. The van der Waals surface area contributed by atoms with Gasteiger partial charge in [-0.15, -0.1) is 0 Å². The van der Waals surface area contributed by atoms with E-state index in [0.717, 1.165) is 5.69 Å². The Morgan fingerprint density at radius 2 is 2.53 bits per heavy atom. The molecule has 1 amide bonds. The highest BCUT2D eigenvalue weighted by molar-refractivity contribution is 5.83. The molecule has 2 rings (SSSR count). The van der Waals surface area contributed by atoms with Gasteiger partial charge in [-0.1, -0.05) is 0 Å². The standard InChI is InChI=1S/C12H19N3O2/c1-12(8-17-7-10(12)13)11(16)14-6-9-4-3-5-15(9)2/h3-5,10H,6-8,13H2,1-2H3,(H,14,16). The van der Waals surface area contributed by atoms with Gasteiger partial charge in [-0.2, -0.15) is 0 Å². The molecule has 1 aliphatic heterocycles. The van der Waals surface area contributed by atoms with Crippen LogP contribution < -0.4 is 11.1 Å². The molecule has 0 aromatic carbocycles. The van der Waals surface area contributed by atoms with Crippen LogP contribution in [0.3, 0.4) is 0 Å². The lowest BCUT2D eigenvalue weighted by molar-refractivity contribution is -0.130. The lowest BCUT2D eigenvalue weighted by Gasteiger charge is -2.25. The first kappa shape index (κ1) is 12.1. The molecule has 2 atom stereocenters. The van der Waals surface area contributed by atoms with Crippen LogP contribution in [0, 0.1) is 5.41 Å². The summed E-state index contributed by atoms with van der Waals surface area (Å²) in [7, 11) is 1.95. The first-order chi connectivity index (χ1) is 8.04. The first-order valence-corrected chi connectivity index (χ1v) is 5.76. The van der Waals surface area contributed by atoms with E-state index in [2.05, 4.69) is 5.32 Å². The van der Waals surface area contributed by atoms with Gasteiger partial charge in [0.25, 0.3) is 0 Å². The zero-order valence-electron chi connectivity index (χ0n) is 10.3. The van der Waals surface area contributed by atoms with Crippen LogP contribution >= 0.6 is 0 Å². The van der Waals surface area contributed by atoms with Gasteiger partial charge in [-0.3, -0.25) is 4.79 Å². The lowest BCUT2D eigenvalue weighted by Crippen LogP contribution is -2.49. The quantitative estimate of drug-likeness (QED) is 0.778. The first-order valence-electron chi connectivity index (χ1n) is 5.76. The van der Waals surface area contributed by atoms with Crippen LogP contribution in [-0.4, -0.2) is 29.7 Å². The van der Waals surface area contributed by atoms with E-state index in [9.17, 15) is 4.79 Å². The summed E-state index contributed by atoms with van der Waals surface area (Å²) < 4.78 is 7.24. The number of nitrogens with one attached hydrogen (secondary N) is 1. The van der Waals surface area contributed by atoms with Gasteiger partial charge in [0.2, 0.25) is 5.91 Å². The predicted molar refractivity (Wildman–Crippen MR) is 64.2 cm³/mol. The van der Waals surface area contributed by atoms with Gasteiger partial charge < -0.3 is 20.4 Å². The molecule has 0 spiro atoms. The minimum Gasteiger partial charge on any atom is -0.379 e. The fourth-order valence-corrected chi connectivity index (χ4v) is 1.98. The van der Waals surface area contributed by atoms with Crippen molar-refractivity contribution in [1.29, 1.82) is 0 Å². The molecule has 0 saturated carbocycles. The molecule has 17 heavy (non-hydrogen) atoms. The van der Waals surface area contributed by atoms with Gasteiger partial charge in [0.1, 0.15) is 0 Å². The Bertz CT molecular complexity index is 416. The van der Waals surface area contributed by atoms with E-state index >= 15 is 0 Å². The number of carbonyl (C=O) groups is 1. The average Bonchev–Trinajstić information content (AvgIpc) is 2.84. The van der Waals surface area contributed by atoms with Crippen molar-refractivity contribution in [2.45, 2.75) is 19.5 Å². The van der Waals surface area contributed by atoms with Crippen LogP contribution in [0.15, 0.2) is 18.3 Å². The predicted octanol–water partition coefficient (Wildman–Crippen LogP) is 0.00510. The lowest BCUT2D eigenvalue weighted by atomic mass is 9.85. The van der Waals surface area contributed by atoms with Crippen LogP contribution in [0.1, 0.15) is 12.6 Å². The van der Waals surface area contributed by atoms with E-state index in [4.69, 9.17) is 10.5 Å². The third-order valence-corrected chi connectivity index (χ3v) is 3.52. The van der Waals surface area contributed by atoms with Crippen molar-refractivity contribution in [2.75, 3.05) is 13.2 Å². The fourth-order valence-electron chi connectivity index (χ4n) is 1.98. The zero-order valence-corrected chi connectivity index (χ0v) is 10.3. The fraction of sp³-hybridized carbons (Fsp3) is 0.583. The number of hydrogen-bond acceptors (Lipinski definition) is 3. The maximum Gasteiger partial charge on any atom is 0.230 e. The summed E-state index contributed by atoms with van der Waals surface area (Å²) in [5, 5.41) is 2.92. The Hall–Kier alpha value is -1.33. The number of nitrogens with zero attached hydrogens (tertiary/aromatic N) is 1. The molecular weight excluding hydrogens is 218 g/mol. The van der Waals surface area contributed by atoms with Crippen LogP contribution in [0.25, 0.3) is 0 Å². The van der Waals surface area contributed by atoms with Crippen LogP contribution in [-0.2, 0) is 23.1 Å². The van der Waals surface area contributed by atoms with Crippen molar-refractivity contribution >= 4 is 5.91 Å². The van der Waals surface area contributed by atoms with E-state index < -0.39 is 5.41 Å². The highest BCUT2D eigenvalue weighted by Crippen LogP contribution is 2.27. The van der Waals surface area contributed by atoms with E-state index in [0.29, 0.717) is 19.8 Å². The number of nitrogens with two attached hydrogens (primary N) is 1. The molecule has 0 radical (unpaired) electrons. The number of ether oxygens (including phenoxy) is 1. The summed E-state index contributed by atoms with van der Waals surface area (Å²) in [4.78, 5) is 12.1. The van der Waals surface area contributed by atoms with E-state index in [-0.39, 0.29) is 11.9 Å². The summed E-state index contributed by atoms with van der Waals surface area (Å²) >= 11 is 0. The minimum atomic E-state index is -0.606. The molecule has 2 unspecified atom stereocenters. The Balaban J connectivity index is 1.96. The normalized spacial score (nSPS) is 28.3. The monoisotopic (exact) mass is 237 g/mol. The number of amides is 1. The highest BCUT2D eigenvalue weighted by Gasteiger charge is 2.44. The number of carbonyl (C=O) groups excluding carboxylic acids is 1. The Morgan fingerprint density at radius 3 is 3.06 bits per heavy atom. The van der Waals surface area contributed by atoms with Gasteiger partial charge in [0.15, 0.2) is 0 Å². The summed E-state index contributed by atoms with van der Waals surface area (Å²) in [6.45, 7) is 3.22. The molecule has 1 saturated heterocycles. The molecule has 1 fully saturated rings. The molecular formula is C12H19N3O2. The smallest absolute Gasteiger partial charge is 0.230 e. The van der Waals surface area contributed by atoms with E-state index in [1.165, 1.54) is 0 Å². The van der Waals surface area contributed by atoms with Gasteiger partial charge in [0.05, 0.1) is 25.2 Å². The zero-order chi connectivity index (χ0) is 12.5. The molecule has 1 aliphatic rings. The molecule has 3 N–H and O–H groups in total. The van der Waals surface area contributed by atoms with Crippen molar-refractivity contribution in [1.82, 2.24) is 9.88 Å². The Kier molecular flexibility index (Phi) is 3.22. The number of aryl methyl sites for hydroxylation is 1. The summed E-state index contributed by atoms with van der Waals surface area (Å²) in [5.41, 5.74) is 6.36. The Morgan fingerprint density at radius 1 is 1.76 bits per heavy atom. The largest absolute Gasteiger partial charge is 0.379 e. The highest BCUT2D eigenvalue weighted by atomic mass is 16.5. The molecule has 1 aromatic heterocycles. The molecule has 0 bridgehead atoms. The van der Waals surface area contributed by atoms with Gasteiger partial charge in [-0.05, 0) is 19.1 Å². The van der Waals surface area contributed by atoms with Gasteiger partial charge in [-0.25, -0.2) is 0 Å². The van der Waals surface area contributed by atoms with E-state index in [1.807, 2.05) is 36.9 Å². The number of hydrogen-bond donors (Lipinski definition) is 2. The second-order valence-corrected chi connectivity index (χ2v) is 4.83. The summed E-state index contributed by atoms with van der Waals surface area (Å²) in [6, 6.07) is 3.71. The van der Waals surface area contributed by atoms with Crippen molar-refractivity contribution in [3.63, 3.8) is 0 Å². The van der Waals surface area contributed by atoms with Crippen molar-refractivity contribution in [3.8, 4) is 0 Å². The Labute approximate surface area is 101 Å². The van der Waals surface area contributed by atoms with Gasteiger partial charge in [0, 0.05) is 25.0 Å². The van der Waals surface area contributed by atoms with Crippen molar-refractivity contribution in [3.05, 3.63) is 24.0 Å². The van der Waals surface area contributed by atoms with Crippen LogP contribution in [0.5, 0.6) is 0 Å². The van der Waals surface area contributed by atoms with Gasteiger partial charge >= 0.3 is 0 Å². The molecule has 5 heteroatoms. The van der Waals surface area contributed by atoms with Crippen molar-refractivity contribution < 1.29 is 9.53 Å². The molecule has 5 nitrogen and oxygen atoms in total. The molecule has 94 valence electrons. The summed E-state index contributed by atoms with van der Waals surface area (Å²) in [5.74, 6) is -0.0382. The SMILES string of the molecule is Cn1cccc1CNC(=O)C1(C)COCC1N. The maximum absolute atomic E-state index is 12.1. The van der Waals surface area contributed by atoms with Crippen LogP contribution in [0.4, 0.5) is 0 Å². The minimum absolute atomic E-state index is 0.0382. The molecule has 1 aromatic rings. The van der Waals surface area contributed by atoms with E-state index in [1.54, 1.807) is 0 Å². The third kappa shape index (κ3) is 2.21. The average molecular weight is 237 g/mol. The molecule has 0 aliphatic carbocycles.